The highest BCUT2D eigenvalue weighted by atomic mass is 35.5. The Morgan fingerprint density at radius 2 is 1.77 bits per heavy atom. The number of hydrogen-bond donors (Lipinski definition) is 2. The highest BCUT2D eigenvalue weighted by Gasteiger charge is 2.30. The zero-order valence-electron chi connectivity index (χ0n) is 23.2. The number of nitrogens with one attached hydrogen (secondary N) is 2. The number of urea groups is 1. The first-order valence-electron chi connectivity index (χ1n) is 13.7. The minimum absolute atomic E-state index is 0.0202. The zero-order valence-corrected chi connectivity index (χ0v) is 24.8. The van der Waals surface area contributed by atoms with Crippen molar-refractivity contribution < 1.29 is 18.0 Å². The van der Waals surface area contributed by atoms with E-state index in [1.807, 2.05) is 65.0 Å². The van der Waals surface area contributed by atoms with Crippen LogP contribution in [-0.2, 0) is 22.9 Å². The van der Waals surface area contributed by atoms with E-state index in [1.165, 1.54) is 24.3 Å². The lowest BCUT2D eigenvalue weighted by Crippen LogP contribution is -2.40. The van der Waals surface area contributed by atoms with Crippen molar-refractivity contribution in [3.63, 3.8) is 0 Å². The van der Waals surface area contributed by atoms with Crippen LogP contribution in [0, 0.1) is 0 Å². The van der Waals surface area contributed by atoms with Crippen LogP contribution in [0.2, 0.25) is 5.02 Å². The van der Waals surface area contributed by atoms with Crippen molar-refractivity contribution in [2.75, 3.05) is 20.1 Å². The molecule has 3 amide bonds. The maximum atomic E-state index is 13.4. The summed E-state index contributed by atoms with van der Waals surface area (Å²) in [4.78, 5) is 31.6. The van der Waals surface area contributed by atoms with Crippen LogP contribution in [0.5, 0.6) is 0 Å². The molecule has 0 unspecified atom stereocenters. The molecule has 0 radical (unpaired) electrons. The average Bonchev–Trinajstić information content (AvgIpc) is 3.34. The minimum atomic E-state index is -4.01. The third-order valence-corrected chi connectivity index (χ3v) is 9.16. The molecule has 3 aromatic carbocycles. The van der Waals surface area contributed by atoms with Gasteiger partial charge in [-0.25, -0.2) is 17.9 Å². The number of carbonyl (C=O) groups is 2. The molecule has 2 aromatic heterocycles. The summed E-state index contributed by atoms with van der Waals surface area (Å²) in [6.07, 6.45) is 4.82. The zero-order chi connectivity index (χ0) is 30.1. The van der Waals surface area contributed by atoms with Crippen molar-refractivity contribution in [2.45, 2.75) is 17.7 Å². The number of sulfonamides is 1. The lowest BCUT2D eigenvalue weighted by atomic mass is 10.00. The number of halogens is 1. The van der Waals surface area contributed by atoms with Crippen LogP contribution in [0.1, 0.15) is 21.6 Å². The van der Waals surface area contributed by atoms with Crippen LogP contribution in [0.4, 0.5) is 4.79 Å². The van der Waals surface area contributed by atoms with Crippen LogP contribution < -0.4 is 10.0 Å². The Balaban J connectivity index is 1.20. The number of aromatic nitrogens is 2. The van der Waals surface area contributed by atoms with Crippen LogP contribution in [-0.4, -0.2) is 54.9 Å². The molecule has 2 N–H and O–H groups in total. The van der Waals surface area contributed by atoms with Gasteiger partial charge in [0.05, 0.1) is 10.4 Å². The van der Waals surface area contributed by atoms with Gasteiger partial charge >= 0.3 is 6.03 Å². The summed E-state index contributed by atoms with van der Waals surface area (Å²) in [5.41, 5.74) is 6.51. The van der Waals surface area contributed by atoms with Gasteiger partial charge in [0.1, 0.15) is 5.69 Å². The maximum absolute atomic E-state index is 13.4. The highest BCUT2D eigenvalue weighted by molar-refractivity contribution is 7.90. The molecule has 43 heavy (non-hydrogen) atoms. The predicted octanol–water partition coefficient (Wildman–Crippen LogP) is 5.20. The molecule has 9 nitrogen and oxygen atoms in total. The van der Waals surface area contributed by atoms with Crippen LogP contribution >= 0.6 is 11.6 Å². The molecule has 0 bridgehead atoms. The van der Waals surface area contributed by atoms with Crippen molar-refractivity contribution in [2.24, 2.45) is 0 Å². The summed E-state index contributed by atoms with van der Waals surface area (Å²) in [6.45, 7) is 0.881. The second-order valence-corrected chi connectivity index (χ2v) is 12.5. The van der Waals surface area contributed by atoms with Gasteiger partial charge in [-0.1, -0.05) is 35.9 Å². The van der Waals surface area contributed by atoms with Gasteiger partial charge < -0.3 is 14.8 Å². The van der Waals surface area contributed by atoms with E-state index in [0.717, 1.165) is 45.3 Å². The molecule has 0 atom stereocenters. The Morgan fingerprint density at radius 3 is 2.49 bits per heavy atom. The lowest BCUT2D eigenvalue weighted by Gasteiger charge is -2.24. The second-order valence-electron chi connectivity index (χ2n) is 10.3. The molecule has 1 aliphatic heterocycles. The highest BCUT2D eigenvalue weighted by Crippen LogP contribution is 2.35. The molecule has 0 saturated heterocycles. The normalized spacial score (nSPS) is 13.2. The van der Waals surface area contributed by atoms with E-state index in [2.05, 4.69) is 22.4 Å². The Hall–Kier alpha value is -4.67. The summed E-state index contributed by atoms with van der Waals surface area (Å²) in [7, 11) is -2.19. The van der Waals surface area contributed by atoms with Gasteiger partial charge in [0, 0.05) is 54.2 Å². The minimum Gasteiger partial charge on any atom is -0.340 e. The molecule has 6 rings (SSSR count). The summed E-state index contributed by atoms with van der Waals surface area (Å²) in [6, 6.07) is 22.7. The largest absolute Gasteiger partial charge is 0.340 e. The molecule has 0 fully saturated rings. The van der Waals surface area contributed by atoms with Crippen molar-refractivity contribution in [1.82, 2.24) is 24.5 Å². The summed E-state index contributed by atoms with van der Waals surface area (Å²) in [5, 5.41) is 4.03. The number of pyridine rings is 1. The molecule has 0 aliphatic carbocycles. The first-order valence-corrected chi connectivity index (χ1v) is 15.6. The fourth-order valence-electron chi connectivity index (χ4n) is 5.34. The molecule has 0 spiro atoms. The Labute approximate surface area is 254 Å². The molecule has 0 saturated carbocycles. The summed E-state index contributed by atoms with van der Waals surface area (Å²) in [5.74, 6) is -0.0202. The Kier molecular flexibility index (Phi) is 7.64. The summed E-state index contributed by atoms with van der Waals surface area (Å²) >= 11 is 5.81. The smallest absolute Gasteiger partial charge is 0.328 e. The van der Waals surface area contributed by atoms with Crippen LogP contribution in [0.3, 0.4) is 0 Å². The van der Waals surface area contributed by atoms with E-state index in [0.29, 0.717) is 23.7 Å². The fourth-order valence-corrected chi connectivity index (χ4v) is 6.39. The lowest BCUT2D eigenvalue weighted by molar-refractivity contribution is 0.0773. The van der Waals surface area contributed by atoms with Gasteiger partial charge in [-0.3, -0.25) is 9.78 Å². The fraction of sp³-hybridized carbons (Fsp3) is 0.156. The first kappa shape index (κ1) is 28.4. The van der Waals surface area contributed by atoms with Gasteiger partial charge in [0.15, 0.2) is 0 Å². The predicted molar refractivity (Wildman–Crippen MR) is 166 cm³/mol. The third-order valence-electron chi connectivity index (χ3n) is 7.56. The van der Waals surface area contributed by atoms with E-state index in [1.54, 1.807) is 11.1 Å². The molecular formula is C32H28ClN5O4S. The number of nitrogens with zero attached hydrogens (tertiary/aromatic N) is 3. The Morgan fingerprint density at radius 1 is 1.00 bits per heavy atom. The molecule has 5 aromatic rings. The SMILES string of the molecule is CN1CCc2c(n(-c3ccc(CCNC(=O)NS(=O)(=O)c4ccc(Cl)cc4)cc3)c3ccc(-c4cccnc4)cc23)C1=O. The number of hydrogen-bond acceptors (Lipinski definition) is 5. The van der Waals surface area contributed by atoms with Gasteiger partial charge in [-0.2, -0.15) is 0 Å². The molecule has 1 aliphatic rings. The second kappa shape index (κ2) is 11.5. The number of likely N-dealkylation sites (N-methyl/N-ethyl adjacent to an activating group) is 1. The molecule has 218 valence electrons. The van der Waals surface area contributed by atoms with Crippen molar-refractivity contribution in [3.8, 4) is 16.8 Å². The summed E-state index contributed by atoms with van der Waals surface area (Å²) < 4.78 is 28.9. The van der Waals surface area contributed by atoms with Gasteiger partial charge in [-0.05, 0) is 84.1 Å². The molecule has 3 heterocycles. The third kappa shape index (κ3) is 5.71. The Bertz CT molecular complexity index is 1940. The number of rotatable bonds is 7. The molecule has 11 heteroatoms. The number of fused-ring (bicyclic) bond motifs is 3. The topological polar surface area (TPSA) is 113 Å². The number of amides is 3. The van der Waals surface area contributed by atoms with Gasteiger partial charge in [0.2, 0.25) is 0 Å². The van der Waals surface area contributed by atoms with Gasteiger partial charge in [-0.15, -0.1) is 0 Å². The number of benzene rings is 3. The van der Waals surface area contributed by atoms with Gasteiger partial charge in [0.25, 0.3) is 15.9 Å². The van der Waals surface area contributed by atoms with Crippen molar-refractivity contribution in [3.05, 3.63) is 113 Å². The maximum Gasteiger partial charge on any atom is 0.328 e. The van der Waals surface area contributed by atoms with Crippen molar-refractivity contribution in [1.29, 1.82) is 0 Å². The first-order chi connectivity index (χ1) is 20.7. The monoisotopic (exact) mass is 613 g/mol. The standard InChI is InChI=1S/C32H28ClN5O4S/c1-37-18-15-27-28-19-22(23-3-2-16-34-20-23)6-13-29(28)38(30(27)31(37)39)25-9-4-21(5-10-25)14-17-35-32(40)36-43(41,42)26-11-7-24(33)8-12-26/h2-13,16,19-20H,14-15,17-18H2,1H3,(H2,35,36,40). The van der Waals surface area contributed by atoms with Crippen LogP contribution in [0.25, 0.3) is 27.7 Å². The number of carbonyl (C=O) groups excluding carboxylic acids is 2. The van der Waals surface area contributed by atoms with E-state index in [9.17, 15) is 18.0 Å². The average molecular weight is 614 g/mol. The van der Waals surface area contributed by atoms with Crippen LogP contribution in [0.15, 0.2) is 96.2 Å². The van der Waals surface area contributed by atoms with Crippen molar-refractivity contribution >= 4 is 44.5 Å². The van der Waals surface area contributed by atoms with E-state index < -0.39 is 16.1 Å². The quantitative estimate of drug-likeness (QED) is 0.262. The molecular weight excluding hydrogens is 586 g/mol. The van der Waals surface area contributed by atoms with E-state index in [-0.39, 0.29) is 17.3 Å². The van der Waals surface area contributed by atoms with E-state index >= 15 is 0 Å². The van der Waals surface area contributed by atoms with E-state index in [4.69, 9.17) is 11.6 Å².